The Balaban J connectivity index is 1.41. The number of aromatic nitrogens is 6. The highest BCUT2D eigenvalue weighted by Gasteiger charge is 2.30. The second-order valence-electron chi connectivity index (χ2n) is 7.26. The first-order chi connectivity index (χ1) is 15.3. The highest BCUT2D eigenvalue weighted by atomic mass is 16.5. The molecular weight excluding hydrogens is 394 g/mol. The third-order valence-electron chi connectivity index (χ3n) is 5.29. The van der Waals surface area contributed by atoms with Crippen molar-refractivity contribution in [3.8, 4) is 11.4 Å². The zero-order valence-corrected chi connectivity index (χ0v) is 16.8. The van der Waals surface area contributed by atoms with Gasteiger partial charge in [0, 0.05) is 6.54 Å². The molecule has 1 aliphatic heterocycles. The van der Waals surface area contributed by atoms with Crippen molar-refractivity contribution in [3.05, 3.63) is 84.4 Å². The van der Waals surface area contributed by atoms with Gasteiger partial charge in [0.2, 0.25) is 0 Å². The summed E-state index contributed by atoms with van der Waals surface area (Å²) in [5.41, 5.74) is 3.20. The van der Waals surface area contributed by atoms with Gasteiger partial charge in [0.25, 0.3) is 5.91 Å². The maximum Gasteiger partial charge on any atom is 0.256 e. The fourth-order valence-corrected chi connectivity index (χ4v) is 3.84. The third kappa shape index (κ3) is 3.95. The Hall–Kier alpha value is -3.85. The monoisotopic (exact) mass is 415 g/mol. The van der Waals surface area contributed by atoms with Gasteiger partial charge >= 0.3 is 0 Å². The predicted molar refractivity (Wildman–Crippen MR) is 112 cm³/mol. The lowest BCUT2D eigenvalue weighted by Gasteiger charge is -2.36. The van der Waals surface area contributed by atoms with Gasteiger partial charge in [-0.1, -0.05) is 24.3 Å². The molecule has 31 heavy (non-hydrogen) atoms. The molecule has 5 rings (SSSR count). The average Bonchev–Trinajstić information content (AvgIpc) is 3.54. The Kier molecular flexibility index (Phi) is 5.24. The van der Waals surface area contributed by atoms with E-state index in [0.717, 1.165) is 11.3 Å². The maximum atomic E-state index is 13.5. The van der Waals surface area contributed by atoms with Crippen LogP contribution in [-0.2, 0) is 11.2 Å². The van der Waals surface area contributed by atoms with E-state index in [0.29, 0.717) is 37.4 Å². The normalized spacial score (nSPS) is 16.4. The summed E-state index contributed by atoms with van der Waals surface area (Å²) in [5, 5.41) is 16.8. The number of morpholine rings is 1. The Morgan fingerprint density at radius 3 is 2.48 bits per heavy atom. The van der Waals surface area contributed by atoms with E-state index in [1.807, 2.05) is 53.4 Å². The first kappa shape index (κ1) is 19.1. The van der Waals surface area contributed by atoms with Crippen LogP contribution in [0.15, 0.2) is 73.3 Å². The number of carbonyl (C=O) groups is 1. The minimum atomic E-state index is -0.0827. The standard InChI is InChI=1S/C22H21N7O2/c30-22(20-6-1-2-7-21(20)29-25-10-11-26-29)27-12-13-31-16-19(27)15-17-4-3-5-18(14-17)28-23-8-9-24-28/h1-11,14,19H,12-13,15-16H2/t19-/m0/s1. The second-order valence-corrected chi connectivity index (χ2v) is 7.26. The molecule has 0 spiro atoms. The highest BCUT2D eigenvalue weighted by Crippen LogP contribution is 2.21. The van der Waals surface area contributed by atoms with Crippen LogP contribution in [-0.4, -0.2) is 66.6 Å². The number of benzene rings is 2. The van der Waals surface area contributed by atoms with Gasteiger partial charge in [-0.15, -0.1) is 0 Å². The topological polar surface area (TPSA) is 91.0 Å². The lowest BCUT2D eigenvalue weighted by Crippen LogP contribution is -2.50. The molecule has 0 aliphatic carbocycles. The van der Waals surface area contributed by atoms with Crippen molar-refractivity contribution in [2.45, 2.75) is 12.5 Å². The number of ether oxygens (including phenoxy) is 1. The Labute approximate surface area is 178 Å². The zero-order valence-electron chi connectivity index (χ0n) is 16.8. The van der Waals surface area contributed by atoms with E-state index in [9.17, 15) is 4.79 Å². The lowest BCUT2D eigenvalue weighted by atomic mass is 10.0. The second kappa shape index (κ2) is 8.49. The van der Waals surface area contributed by atoms with Crippen LogP contribution in [0, 0.1) is 0 Å². The van der Waals surface area contributed by atoms with E-state index >= 15 is 0 Å². The molecule has 9 nitrogen and oxygen atoms in total. The molecule has 1 amide bonds. The molecule has 1 fully saturated rings. The predicted octanol–water partition coefficient (Wildman–Crippen LogP) is 1.93. The minimum Gasteiger partial charge on any atom is -0.377 e. The summed E-state index contributed by atoms with van der Waals surface area (Å²) in [6.07, 6.45) is 7.16. The maximum absolute atomic E-state index is 13.5. The fraction of sp³-hybridized carbons (Fsp3) is 0.227. The zero-order chi connectivity index (χ0) is 21.0. The van der Waals surface area contributed by atoms with Gasteiger partial charge in [0.15, 0.2) is 0 Å². The van der Waals surface area contributed by atoms with E-state index in [1.165, 1.54) is 4.80 Å². The smallest absolute Gasteiger partial charge is 0.256 e. The van der Waals surface area contributed by atoms with Gasteiger partial charge in [-0.25, -0.2) is 0 Å². The molecule has 3 heterocycles. The van der Waals surface area contributed by atoms with Crippen molar-refractivity contribution in [2.75, 3.05) is 19.8 Å². The first-order valence-electron chi connectivity index (χ1n) is 10.1. The fourth-order valence-electron chi connectivity index (χ4n) is 3.84. The van der Waals surface area contributed by atoms with Crippen molar-refractivity contribution in [1.82, 2.24) is 34.9 Å². The van der Waals surface area contributed by atoms with E-state index in [4.69, 9.17) is 4.74 Å². The van der Waals surface area contributed by atoms with Crippen LogP contribution in [0.2, 0.25) is 0 Å². The number of carbonyl (C=O) groups excluding carboxylic acids is 1. The Morgan fingerprint density at radius 2 is 1.68 bits per heavy atom. The summed E-state index contributed by atoms with van der Waals surface area (Å²) in [4.78, 5) is 18.5. The summed E-state index contributed by atoms with van der Waals surface area (Å²) in [5.74, 6) is -0.0499. The number of hydrogen-bond acceptors (Lipinski definition) is 6. The summed E-state index contributed by atoms with van der Waals surface area (Å²) in [6.45, 7) is 1.53. The van der Waals surface area contributed by atoms with E-state index in [-0.39, 0.29) is 11.9 Å². The van der Waals surface area contributed by atoms with Crippen molar-refractivity contribution < 1.29 is 9.53 Å². The van der Waals surface area contributed by atoms with Crippen LogP contribution < -0.4 is 0 Å². The van der Waals surface area contributed by atoms with Crippen LogP contribution >= 0.6 is 0 Å². The third-order valence-corrected chi connectivity index (χ3v) is 5.29. The van der Waals surface area contributed by atoms with E-state index in [1.54, 1.807) is 29.6 Å². The highest BCUT2D eigenvalue weighted by molar-refractivity contribution is 5.98. The van der Waals surface area contributed by atoms with E-state index < -0.39 is 0 Å². The first-order valence-corrected chi connectivity index (χ1v) is 10.1. The molecule has 1 aliphatic rings. The van der Waals surface area contributed by atoms with Gasteiger partial charge in [-0.2, -0.15) is 30.0 Å². The Bertz CT molecular complexity index is 1160. The molecule has 0 unspecified atom stereocenters. The van der Waals surface area contributed by atoms with Crippen molar-refractivity contribution in [1.29, 1.82) is 0 Å². The van der Waals surface area contributed by atoms with Crippen LogP contribution in [0.1, 0.15) is 15.9 Å². The molecule has 9 heteroatoms. The number of amides is 1. The van der Waals surface area contributed by atoms with Gasteiger partial charge in [-0.3, -0.25) is 4.79 Å². The molecule has 2 aromatic carbocycles. The Morgan fingerprint density at radius 1 is 0.935 bits per heavy atom. The molecule has 1 saturated heterocycles. The number of hydrogen-bond donors (Lipinski definition) is 0. The van der Waals surface area contributed by atoms with Crippen LogP contribution in [0.25, 0.3) is 11.4 Å². The molecule has 1 atom stereocenters. The molecule has 4 aromatic rings. The average molecular weight is 415 g/mol. The molecule has 156 valence electrons. The quantitative estimate of drug-likeness (QED) is 0.495. The van der Waals surface area contributed by atoms with Crippen LogP contribution in [0.4, 0.5) is 0 Å². The summed E-state index contributed by atoms with van der Waals surface area (Å²) in [6, 6.07) is 15.3. The molecule has 0 radical (unpaired) electrons. The van der Waals surface area contributed by atoms with Crippen molar-refractivity contribution in [3.63, 3.8) is 0 Å². The van der Waals surface area contributed by atoms with Crippen LogP contribution in [0.3, 0.4) is 0 Å². The summed E-state index contributed by atoms with van der Waals surface area (Å²) >= 11 is 0. The van der Waals surface area contributed by atoms with Crippen LogP contribution in [0.5, 0.6) is 0 Å². The SMILES string of the molecule is O=C(c1ccccc1-n1nccn1)N1CCOC[C@@H]1Cc1cccc(-n2nccn2)c1. The summed E-state index contributed by atoms with van der Waals surface area (Å²) < 4.78 is 5.72. The summed E-state index contributed by atoms with van der Waals surface area (Å²) in [7, 11) is 0. The van der Waals surface area contributed by atoms with Gasteiger partial charge < -0.3 is 9.64 Å². The van der Waals surface area contributed by atoms with Gasteiger partial charge in [0.1, 0.15) is 0 Å². The van der Waals surface area contributed by atoms with Gasteiger partial charge in [0.05, 0.1) is 61.0 Å². The van der Waals surface area contributed by atoms with Crippen molar-refractivity contribution in [2.24, 2.45) is 0 Å². The number of para-hydroxylation sites is 1. The number of nitrogens with zero attached hydrogens (tertiary/aromatic N) is 7. The van der Waals surface area contributed by atoms with Crippen molar-refractivity contribution >= 4 is 5.91 Å². The van der Waals surface area contributed by atoms with E-state index in [2.05, 4.69) is 20.4 Å². The molecule has 0 bridgehead atoms. The molecule has 2 aromatic heterocycles. The lowest BCUT2D eigenvalue weighted by molar-refractivity contribution is -0.00165. The minimum absolute atomic E-state index is 0.0499. The molecule has 0 N–H and O–H groups in total. The van der Waals surface area contributed by atoms with Gasteiger partial charge in [-0.05, 0) is 36.2 Å². The molecular formula is C22H21N7O2. The number of rotatable bonds is 5. The largest absolute Gasteiger partial charge is 0.377 e. The molecule has 0 saturated carbocycles.